The van der Waals surface area contributed by atoms with Crippen LogP contribution in [0.3, 0.4) is 0 Å². The minimum absolute atomic E-state index is 0.00121. The summed E-state index contributed by atoms with van der Waals surface area (Å²) in [5.41, 5.74) is 1.72. The zero-order valence-electron chi connectivity index (χ0n) is 15.8. The molecule has 1 aliphatic carbocycles. The van der Waals surface area contributed by atoms with Crippen molar-refractivity contribution in [1.29, 1.82) is 0 Å². The maximum absolute atomic E-state index is 14.1. The third-order valence-corrected chi connectivity index (χ3v) is 5.42. The molecule has 0 saturated heterocycles. The standard InChI is InChI=1S/C22H23ClFNO3/c1-2-28-22(27)18-12-16(13-19(24)20(18)23)21(26)25-17-10-8-15(9-11-17)14-6-4-3-5-7-14/h8-14H,2-7H2,1H3,(H,25,26). The van der Waals surface area contributed by atoms with Gasteiger partial charge in [-0.1, -0.05) is 43.0 Å². The Morgan fingerprint density at radius 2 is 1.82 bits per heavy atom. The van der Waals surface area contributed by atoms with Crippen LogP contribution in [0.4, 0.5) is 10.1 Å². The lowest BCUT2D eigenvalue weighted by molar-refractivity contribution is 0.0526. The number of carbonyl (C=O) groups is 2. The number of esters is 1. The van der Waals surface area contributed by atoms with E-state index < -0.39 is 17.7 Å². The van der Waals surface area contributed by atoms with Crippen molar-refractivity contribution in [3.05, 3.63) is 63.9 Å². The minimum Gasteiger partial charge on any atom is -0.462 e. The predicted octanol–water partition coefficient (Wildman–Crippen LogP) is 5.96. The van der Waals surface area contributed by atoms with Crippen LogP contribution < -0.4 is 5.32 Å². The first-order valence-corrected chi connectivity index (χ1v) is 9.95. The van der Waals surface area contributed by atoms with Gasteiger partial charge in [0.25, 0.3) is 5.91 Å². The molecule has 0 bridgehead atoms. The van der Waals surface area contributed by atoms with Crippen LogP contribution in [-0.4, -0.2) is 18.5 Å². The number of anilines is 1. The minimum atomic E-state index is -0.843. The molecule has 6 heteroatoms. The largest absolute Gasteiger partial charge is 0.462 e. The molecule has 4 nitrogen and oxygen atoms in total. The molecule has 0 atom stereocenters. The van der Waals surface area contributed by atoms with Gasteiger partial charge in [-0.15, -0.1) is 0 Å². The molecule has 3 rings (SSSR count). The highest BCUT2D eigenvalue weighted by molar-refractivity contribution is 6.34. The van der Waals surface area contributed by atoms with Crippen molar-refractivity contribution in [2.24, 2.45) is 0 Å². The average Bonchev–Trinajstić information content (AvgIpc) is 2.71. The van der Waals surface area contributed by atoms with Gasteiger partial charge in [-0.05, 0) is 55.5 Å². The monoisotopic (exact) mass is 403 g/mol. The smallest absolute Gasteiger partial charge is 0.339 e. The number of amides is 1. The summed E-state index contributed by atoms with van der Waals surface area (Å²) in [5, 5.41) is 2.38. The van der Waals surface area contributed by atoms with E-state index in [9.17, 15) is 14.0 Å². The maximum Gasteiger partial charge on any atom is 0.339 e. The molecule has 0 aromatic heterocycles. The molecule has 0 spiro atoms. The molecule has 2 aromatic carbocycles. The maximum atomic E-state index is 14.1. The van der Waals surface area contributed by atoms with Gasteiger partial charge in [-0.2, -0.15) is 0 Å². The first-order chi connectivity index (χ1) is 13.5. The molecular weight excluding hydrogens is 381 g/mol. The normalized spacial score (nSPS) is 14.5. The summed E-state index contributed by atoms with van der Waals surface area (Å²) in [7, 11) is 0. The molecule has 1 aliphatic rings. The van der Waals surface area contributed by atoms with E-state index in [2.05, 4.69) is 5.32 Å². The number of carbonyl (C=O) groups excluding carboxylic acids is 2. The van der Waals surface area contributed by atoms with Gasteiger partial charge in [-0.3, -0.25) is 4.79 Å². The van der Waals surface area contributed by atoms with Gasteiger partial charge in [-0.25, -0.2) is 9.18 Å². The lowest BCUT2D eigenvalue weighted by atomic mass is 9.84. The second kappa shape index (κ2) is 9.20. The van der Waals surface area contributed by atoms with E-state index in [0.717, 1.165) is 6.07 Å². The molecule has 28 heavy (non-hydrogen) atoms. The van der Waals surface area contributed by atoms with Gasteiger partial charge < -0.3 is 10.1 Å². The predicted molar refractivity (Wildman–Crippen MR) is 108 cm³/mol. The van der Waals surface area contributed by atoms with Crippen LogP contribution in [0.15, 0.2) is 36.4 Å². The molecular formula is C22H23ClFNO3. The zero-order valence-corrected chi connectivity index (χ0v) is 16.5. The summed E-state index contributed by atoms with van der Waals surface area (Å²) < 4.78 is 18.9. The lowest BCUT2D eigenvalue weighted by Crippen LogP contribution is -2.15. The number of rotatable bonds is 5. The molecule has 0 heterocycles. The highest BCUT2D eigenvalue weighted by Crippen LogP contribution is 2.33. The molecule has 0 radical (unpaired) electrons. The second-order valence-electron chi connectivity index (χ2n) is 6.95. The molecule has 1 saturated carbocycles. The third-order valence-electron chi connectivity index (χ3n) is 5.03. The van der Waals surface area contributed by atoms with Gasteiger partial charge in [0.1, 0.15) is 5.82 Å². The Balaban J connectivity index is 1.74. The highest BCUT2D eigenvalue weighted by Gasteiger charge is 2.20. The Labute approximate surface area is 169 Å². The fraction of sp³-hybridized carbons (Fsp3) is 0.364. The van der Waals surface area contributed by atoms with E-state index in [-0.39, 0.29) is 22.8 Å². The van der Waals surface area contributed by atoms with Crippen LogP contribution >= 0.6 is 11.6 Å². The quantitative estimate of drug-likeness (QED) is 0.627. The highest BCUT2D eigenvalue weighted by atomic mass is 35.5. The van der Waals surface area contributed by atoms with E-state index in [1.54, 1.807) is 6.92 Å². The SMILES string of the molecule is CCOC(=O)c1cc(C(=O)Nc2ccc(C3CCCCC3)cc2)cc(F)c1Cl. The first kappa shape index (κ1) is 20.3. The summed E-state index contributed by atoms with van der Waals surface area (Å²) in [6.45, 7) is 1.76. The van der Waals surface area contributed by atoms with Gasteiger partial charge in [0.05, 0.1) is 17.2 Å². The number of hydrogen-bond donors (Lipinski definition) is 1. The van der Waals surface area contributed by atoms with E-state index in [1.165, 1.54) is 43.7 Å². The number of halogens is 2. The summed E-state index contributed by atoms with van der Waals surface area (Å²) in [5.74, 6) is -1.55. The Bertz CT molecular complexity index is 861. The lowest BCUT2D eigenvalue weighted by Gasteiger charge is -2.22. The van der Waals surface area contributed by atoms with Crippen LogP contribution in [0.2, 0.25) is 5.02 Å². The summed E-state index contributed by atoms with van der Waals surface area (Å²) in [6, 6.07) is 10.0. The Morgan fingerprint density at radius 3 is 2.46 bits per heavy atom. The van der Waals surface area contributed by atoms with Gasteiger partial charge in [0.15, 0.2) is 0 Å². The van der Waals surface area contributed by atoms with E-state index in [0.29, 0.717) is 11.6 Å². The second-order valence-corrected chi connectivity index (χ2v) is 7.33. The van der Waals surface area contributed by atoms with Crippen molar-refractivity contribution in [1.82, 2.24) is 0 Å². The molecule has 1 amide bonds. The number of ether oxygens (including phenoxy) is 1. The van der Waals surface area contributed by atoms with Crippen LogP contribution in [0.25, 0.3) is 0 Å². The summed E-state index contributed by atoms with van der Waals surface area (Å²) in [4.78, 5) is 24.5. The Kier molecular flexibility index (Phi) is 6.68. The summed E-state index contributed by atoms with van der Waals surface area (Å²) >= 11 is 5.84. The van der Waals surface area contributed by atoms with Gasteiger partial charge in [0, 0.05) is 11.3 Å². The van der Waals surface area contributed by atoms with Crippen molar-refractivity contribution in [2.75, 3.05) is 11.9 Å². The Hall–Kier alpha value is -2.40. The Morgan fingerprint density at radius 1 is 1.14 bits per heavy atom. The van der Waals surface area contributed by atoms with E-state index >= 15 is 0 Å². The van der Waals surface area contributed by atoms with Crippen molar-refractivity contribution in [3.8, 4) is 0 Å². The van der Waals surface area contributed by atoms with Crippen molar-refractivity contribution in [3.63, 3.8) is 0 Å². The van der Waals surface area contributed by atoms with Crippen molar-refractivity contribution >= 4 is 29.2 Å². The first-order valence-electron chi connectivity index (χ1n) is 9.57. The van der Waals surface area contributed by atoms with E-state index in [4.69, 9.17) is 16.3 Å². The zero-order chi connectivity index (χ0) is 20.1. The van der Waals surface area contributed by atoms with E-state index in [1.807, 2.05) is 24.3 Å². The van der Waals surface area contributed by atoms with Gasteiger partial charge in [0.2, 0.25) is 0 Å². The van der Waals surface area contributed by atoms with Crippen LogP contribution in [0, 0.1) is 5.82 Å². The molecule has 0 unspecified atom stereocenters. The number of benzene rings is 2. The molecule has 0 aliphatic heterocycles. The van der Waals surface area contributed by atoms with Crippen LogP contribution in [0.1, 0.15) is 71.2 Å². The van der Waals surface area contributed by atoms with Crippen LogP contribution in [0.5, 0.6) is 0 Å². The van der Waals surface area contributed by atoms with Crippen LogP contribution in [-0.2, 0) is 4.74 Å². The topological polar surface area (TPSA) is 55.4 Å². The van der Waals surface area contributed by atoms with Gasteiger partial charge >= 0.3 is 5.97 Å². The number of hydrogen-bond acceptors (Lipinski definition) is 3. The fourth-order valence-electron chi connectivity index (χ4n) is 3.56. The molecule has 1 fully saturated rings. The van der Waals surface area contributed by atoms with Crippen molar-refractivity contribution < 1.29 is 18.7 Å². The van der Waals surface area contributed by atoms with Crippen molar-refractivity contribution in [2.45, 2.75) is 44.9 Å². The fourth-order valence-corrected chi connectivity index (χ4v) is 3.74. The third kappa shape index (κ3) is 4.71. The number of nitrogens with one attached hydrogen (secondary N) is 1. The summed E-state index contributed by atoms with van der Waals surface area (Å²) in [6.07, 6.45) is 6.22. The average molecular weight is 404 g/mol. The molecule has 2 aromatic rings. The molecule has 148 valence electrons. The molecule has 1 N–H and O–H groups in total.